The molecule has 0 aliphatic carbocycles. The zero-order chi connectivity index (χ0) is 9.97. The topological polar surface area (TPSA) is 48.1 Å². The highest BCUT2D eigenvalue weighted by atomic mass is 32.1. The largest absolute Gasteiger partial charge is 0.304 e. The van der Waals surface area contributed by atoms with Gasteiger partial charge >= 0.3 is 0 Å². The van der Waals surface area contributed by atoms with Crippen molar-refractivity contribution in [1.82, 2.24) is 4.98 Å². The normalized spacial score (nSPS) is 11.0. The highest BCUT2D eigenvalue weighted by molar-refractivity contribution is 7.18. The van der Waals surface area contributed by atoms with Crippen molar-refractivity contribution in [2.75, 3.05) is 6.61 Å². The predicted octanol–water partition coefficient (Wildman–Crippen LogP) is 2.04. The van der Waals surface area contributed by atoms with Crippen molar-refractivity contribution in [2.45, 2.75) is 13.3 Å². The molecular weight excluding hydrogens is 196 g/mol. The average Bonchev–Trinajstić information content (AvgIpc) is 2.55. The van der Waals surface area contributed by atoms with Crippen LogP contribution in [-0.2, 0) is 11.3 Å². The van der Waals surface area contributed by atoms with Gasteiger partial charge in [-0.1, -0.05) is 12.1 Å². The second kappa shape index (κ2) is 4.04. The second-order valence-electron chi connectivity index (χ2n) is 3.12. The number of para-hydroxylation sites is 1. The maximum atomic E-state index is 5.01. The molecule has 0 aliphatic heterocycles. The molecule has 1 heterocycles. The van der Waals surface area contributed by atoms with Crippen LogP contribution in [-0.4, -0.2) is 11.6 Å². The van der Waals surface area contributed by atoms with E-state index in [0.717, 1.165) is 16.9 Å². The number of benzene rings is 1. The second-order valence-corrected chi connectivity index (χ2v) is 4.35. The molecule has 0 spiro atoms. The monoisotopic (exact) mass is 208 g/mol. The van der Waals surface area contributed by atoms with E-state index in [1.807, 2.05) is 13.0 Å². The quantitative estimate of drug-likeness (QED) is 0.785. The molecule has 0 radical (unpaired) electrons. The third-order valence-electron chi connectivity index (χ3n) is 2.10. The minimum Gasteiger partial charge on any atom is -0.304 e. The number of nitrogens with zero attached hydrogens (tertiary/aromatic N) is 1. The SMILES string of the molecule is Cc1nc2c(CCON)cccc2s1. The fourth-order valence-corrected chi connectivity index (χ4v) is 2.36. The van der Waals surface area contributed by atoms with E-state index in [2.05, 4.69) is 22.0 Å². The van der Waals surface area contributed by atoms with E-state index < -0.39 is 0 Å². The zero-order valence-corrected chi connectivity index (χ0v) is 8.80. The summed E-state index contributed by atoms with van der Waals surface area (Å²) in [6, 6.07) is 6.21. The van der Waals surface area contributed by atoms with Crippen molar-refractivity contribution in [3.63, 3.8) is 0 Å². The first-order valence-corrected chi connectivity index (χ1v) is 5.29. The van der Waals surface area contributed by atoms with Crippen LogP contribution in [0.1, 0.15) is 10.6 Å². The van der Waals surface area contributed by atoms with Crippen molar-refractivity contribution < 1.29 is 4.84 Å². The van der Waals surface area contributed by atoms with Gasteiger partial charge in [-0.25, -0.2) is 10.9 Å². The molecule has 0 fully saturated rings. The molecule has 2 aromatic rings. The van der Waals surface area contributed by atoms with E-state index in [9.17, 15) is 0 Å². The summed E-state index contributed by atoms with van der Waals surface area (Å²) in [6.45, 7) is 2.56. The van der Waals surface area contributed by atoms with Gasteiger partial charge in [0.25, 0.3) is 0 Å². The molecule has 3 nitrogen and oxygen atoms in total. The average molecular weight is 208 g/mol. The highest BCUT2D eigenvalue weighted by Gasteiger charge is 2.04. The van der Waals surface area contributed by atoms with Crippen molar-refractivity contribution in [2.24, 2.45) is 5.90 Å². The fourth-order valence-electron chi connectivity index (χ4n) is 1.49. The summed E-state index contributed by atoms with van der Waals surface area (Å²) in [6.07, 6.45) is 0.816. The van der Waals surface area contributed by atoms with Crippen molar-refractivity contribution in [3.05, 3.63) is 28.8 Å². The summed E-state index contributed by atoms with van der Waals surface area (Å²) in [5, 5.41) is 1.10. The summed E-state index contributed by atoms with van der Waals surface area (Å²) >= 11 is 1.72. The highest BCUT2D eigenvalue weighted by Crippen LogP contribution is 2.24. The first-order chi connectivity index (χ1) is 6.81. The van der Waals surface area contributed by atoms with Gasteiger partial charge in [0, 0.05) is 0 Å². The number of aryl methyl sites for hydroxylation is 1. The van der Waals surface area contributed by atoms with Crippen LogP contribution in [0.25, 0.3) is 10.2 Å². The van der Waals surface area contributed by atoms with E-state index in [1.165, 1.54) is 10.3 Å². The minimum absolute atomic E-state index is 0.537. The van der Waals surface area contributed by atoms with E-state index in [4.69, 9.17) is 5.90 Å². The van der Waals surface area contributed by atoms with E-state index in [0.29, 0.717) is 6.61 Å². The van der Waals surface area contributed by atoms with Crippen LogP contribution >= 0.6 is 11.3 Å². The fraction of sp³-hybridized carbons (Fsp3) is 0.300. The third kappa shape index (κ3) is 1.77. The van der Waals surface area contributed by atoms with Gasteiger partial charge in [-0.3, -0.25) is 0 Å². The summed E-state index contributed by atoms with van der Waals surface area (Å²) < 4.78 is 1.23. The number of rotatable bonds is 3. The number of hydrogen-bond acceptors (Lipinski definition) is 4. The van der Waals surface area contributed by atoms with Gasteiger partial charge in [-0.2, -0.15) is 0 Å². The molecular formula is C10H12N2OS. The standard InChI is InChI=1S/C10H12N2OS/c1-7-12-10-8(5-6-13-11)3-2-4-9(10)14-7/h2-4H,5-6,11H2,1H3. The molecule has 74 valence electrons. The molecule has 0 unspecified atom stereocenters. The predicted molar refractivity (Wildman–Crippen MR) is 58.2 cm³/mol. The van der Waals surface area contributed by atoms with Crippen molar-refractivity contribution >= 4 is 21.6 Å². The van der Waals surface area contributed by atoms with Gasteiger partial charge < -0.3 is 4.84 Å². The van der Waals surface area contributed by atoms with Crippen LogP contribution < -0.4 is 5.90 Å². The molecule has 0 atom stereocenters. The number of hydrogen-bond donors (Lipinski definition) is 1. The van der Waals surface area contributed by atoms with Gasteiger partial charge in [0.15, 0.2) is 0 Å². The first kappa shape index (κ1) is 9.58. The van der Waals surface area contributed by atoms with Crippen molar-refractivity contribution in [1.29, 1.82) is 0 Å². The molecule has 0 saturated heterocycles. The lowest BCUT2D eigenvalue weighted by Gasteiger charge is -2.00. The molecule has 2 N–H and O–H groups in total. The van der Waals surface area contributed by atoms with Crippen LogP contribution in [0.5, 0.6) is 0 Å². The number of aromatic nitrogens is 1. The molecule has 0 aliphatic rings. The Balaban J connectivity index is 2.42. The molecule has 1 aromatic carbocycles. The van der Waals surface area contributed by atoms with Gasteiger partial charge in [-0.05, 0) is 25.0 Å². The van der Waals surface area contributed by atoms with Crippen molar-refractivity contribution in [3.8, 4) is 0 Å². The summed E-state index contributed by atoms with van der Waals surface area (Å²) in [4.78, 5) is 9.07. The molecule has 14 heavy (non-hydrogen) atoms. The lowest BCUT2D eigenvalue weighted by Crippen LogP contribution is -2.03. The smallest absolute Gasteiger partial charge is 0.0907 e. The number of nitrogens with two attached hydrogens (primary N) is 1. The maximum Gasteiger partial charge on any atom is 0.0907 e. The summed E-state index contributed by atoms with van der Waals surface area (Å²) in [5.74, 6) is 5.01. The molecule has 0 amide bonds. The minimum atomic E-state index is 0.537. The number of fused-ring (bicyclic) bond motifs is 1. The molecule has 4 heteroatoms. The van der Waals surface area contributed by atoms with Gasteiger partial charge in [0.1, 0.15) is 0 Å². The maximum absolute atomic E-state index is 5.01. The Bertz CT molecular complexity index is 439. The van der Waals surface area contributed by atoms with Crippen LogP contribution in [0, 0.1) is 6.92 Å². The lowest BCUT2D eigenvalue weighted by molar-refractivity contribution is 0.141. The van der Waals surface area contributed by atoms with Gasteiger partial charge in [-0.15, -0.1) is 11.3 Å². The Morgan fingerprint density at radius 1 is 1.50 bits per heavy atom. The Morgan fingerprint density at radius 3 is 3.14 bits per heavy atom. The third-order valence-corrected chi connectivity index (χ3v) is 3.03. The summed E-state index contributed by atoms with van der Waals surface area (Å²) in [7, 11) is 0. The van der Waals surface area contributed by atoms with Crippen LogP contribution in [0.4, 0.5) is 0 Å². The Labute approximate surface area is 86.5 Å². The lowest BCUT2D eigenvalue weighted by atomic mass is 10.1. The Hall–Kier alpha value is -0.970. The molecule has 0 saturated carbocycles. The zero-order valence-electron chi connectivity index (χ0n) is 7.99. The first-order valence-electron chi connectivity index (χ1n) is 4.48. The van der Waals surface area contributed by atoms with E-state index in [-0.39, 0.29) is 0 Å². The summed E-state index contributed by atoms with van der Waals surface area (Å²) in [5.41, 5.74) is 2.30. The Kier molecular flexibility index (Phi) is 2.77. The molecule has 2 rings (SSSR count). The molecule has 1 aromatic heterocycles. The van der Waals surface area contributed by atoms with Crippen LogP contribution in [0.15, 0.2) is 18.2 Å². The van der Waals surface area contributed by atoms with E-state index >= 15 is 0 Å². The Morgan fingerprint density at radius 2 is 2.36 bits per heavy atom. The van der Waals surface area contributed by atoms with E-state index in [1.54, 1.807) is 11.3 Å². The van der Waals surface area contributed by atoms with Gasteiger partial charge in [0.2, 0.25) is 0 Å². The molecule has 0 bridgehead atoms. The van der Waals surface area contributed by atoms with Crippen LogP contribution in [0.2, 0.25) is 0 Å². The van der Waals surface area contributed by atoms with Gasteiger partial charge in [0.05, 0.1) is 21.8 Å². The van der Waals surface area contributed by atoms with Crippen LogP contribution in [0.3, 0.4) is 0 Å². The number of thiazole rings is 1.